The number of carboxylic acids is 1. The lowest BCUT2D eigenvalue weighted by Gasteiger charge is -2.04. The van der Waals surface area contributed by atoms with E-state index >= 15 is 0 Å². The van der Waals surface area contributed by atoms with Crippen LogP contribution in [0.5, 0.6) is 0 Å². The van der Waals surface area contributed by atoms with Crippen molar-refractivity contribution in [2.75, 3.05) is 12.4 Å². The highest BCUT2D eigenvalue weighted by Crippen LogP contribution is 2.09. The fraction of sp³-hybridized carbons (Fsp3) is 0.111. The van der Waals surface area contributed by atoms with Crippen molar-refractivity contribution in [2.45, 2.75) is 0 Å². The number of rotatable bonds is 2. The molecule has 0 unspecified atom stereocenters. The number of aliphatic imine (C=N–C) groups is 1. The Morgan fingerprint density at radius 3 is 2.86 bits per heavy atom. The number of nitrogens with zero attached hydrogens (tertiary/aromatic N) is 1. The average Bonchev–Trinajstić information content (AvgIpc) is 2.18. The molecule has 0 amide bonds. The van der Waals surface area contributed by atoms with Gasteiger partial charge in [0, 0.05) is 12.7 Å². The Kier molecular flexibility index (Phi) is 3.06. The van der Waals surface area contributed by atoms with Crippen LogP contribution in [-0.4, -0.2) is 24.1 Å². The molecule has 1 aromatic rings. The summed E-state index contributed by atoms with van der Waals surface area (Å²) in [6, 6.07) is 6.34. The summed E-state index contributed by atoms with van der Waals surface area (Å²) < 4.78 is 0. The summed E-state index contributed by atoms with van der Waals surface area (Å²) >= 11 is 0. The molecule has 0 saturated heterocycles. The highest BCUT2D eigenvalue weighted by Gasteiger charge is 2.02. The van der Waals surface area contributed by atoms with E-state index in [2.05, 4.69) is 10.3 Å². The van der Waals surface area contributed by atoms with Gasteiger partial charge in [0.15, 0.2) is 5.96 Å². The fourth-order valence-corrected chi connectivity index (χ4v) is 0.934. The maximum Gasteiger partial charge on any atom is 0.335 e. The Bertz CT molecular complexity index is 374. The molecule has 0 spiro atoms. The number of anilines is 1. The minimum absolute atomic E-state index is 0.207. The topological polar surface area (TPSA) is 87.7 Å². The molecule has 0 heterocycles. The minimum atomic E-state index is -0.972. The van der Waals surface area contributed by atoms with E-state index in [1.807, 2.05) is 0 Å². The van der Waals surface area contributed by atoms with Crippen LogP contribution >= 0.6 is 0 Å². The minimum Gasteiger partial charge on any atom is -0.478 e. The zero-order chi connectivity index (χ0) is 10.6. The summed E-state index contributed by atoms with van der Waals surface area (Å²) in [6.07, 6.45) is 0. The molecule has 0 radical (unpaired) electrons. The first-order valence-corrected chi connectivity index (χ1v) is 3.96. The summed E-state index contributed by atoms with van der Waals surface area (Å²) in [6.45, 7) is 0. The third kappa shape index (κ3) is 2.48. The second kappa shape index (κ2) is 4.27. The number of benzene rings is 1. The van der Waals surface area contributed by atoms with Crippen LogP contribution in [0.1, 0.15) is 10.4 Å². The molecule has 0 bridgehead atoms. The normalized spacial score (nSPS) is 11.1. The SMILES string of the molecule is CN=C(N)Nc1cccc(C(=O)O)c1. The van der Waals surface area contributed by atoms with Crippen LogP contribution < -0.4 is 11.1 Å². The first-order valence-electron chi connectivity index (χ1n) is 3.96. The second-order valence-corrected chi connectivity index (χ2v) is 2.62. The molecule has 0 fully saturated rings. The van der Waals surface area contributed by atoms with Gasteiger partial charge < -0.3 is 16.2 Å². The quantitative estimate of drug-likeness (QED) is 0.477. The van der Waals surface area contributed by atoms with E-state index in [0.717, 1.165) is 0 Å². The molecule has 0 aromatic heterocycles. The lowest BCUT2D eigenvalue weighted by Crippen LogP contribution is -2.22. The van der Waals surface area contributed by atoms with Gasteiger partial charge in [0.05, 0.1) is 5.56 Å². The summed E-state index contributed by atoms with van der Waals surface area (Å²) in [7, 11) is 1.55. The van der Waals surface area contributed by atoms with Crippen molar-refractivity contribution >= 4 is 17.6 Å². The van der Waals surface area contributed by atoms with Gasteiger partial charge in [-0.25, -0.2) is 4.79 Å². The molecule has 0 atom stereocenters. The van der Waals surface area contributed by atoms with Crippen molar-refractivity contribution < 1.29 is 9.90 Å². The maximum atomic E-state index is 10.6. The molecule has 0 aliphatic heterocycles. The van der Waals surface area contributed by atoms with Crippen LogP contribution in [0.2, 0.25) is 0 Å². The molecule has 1 rings (SSSR count). The predicted molar refractivity (Wildman–Crippen MR) is 54.6 cm³/mol. The summed E-state index contributed by atoms with van der Waals surface area (Å²) in [5.74, 6) is -0.729. The molecule has 74 valence electrons. The predicted octanol–water partition coefficient (Wildman–Crippen LogP) is 0.741. The number of guanidine groups is 1. The van der Waals surface area contributed by atoms with Gasteiger partial charge in [-0.2, -0.15) is 0 Å². The van der Waals surface area contributed by atoms with E-state index in [0.29, 0.717) is 5.69 Å². The first-order chi connectivity index (χ1) is 6.63. The largest absolute Gasteiger partial charge is 0.478 e. The molecule has 14 heavy (non-hydrogen) atoms. The van der Waals surface area contributed by atoms with Gasteiger partial charge in [-0.1, -0.05) is 6.07 Å². The summed E-state index contributed by atoms with van der Waals surface area (Å²) in [5, 5.41) is 11.5. The van der Waals surface area contributed by atoms with E-state index in [1.165, 1.54) is 12.1 Å². The standard InChI is InChI=1S/C9H11N3O2/c1-11-9(10)12-7-4-2-3-6(5-7)8(13)14/h2-5H,1H3,(H,13,14)(H3,10,11,12). The third-order valence-corrected chi connectivity index (χ3v) is 1.62. The van der Waals surface area contributed by atoms with Crippen molar-refractivity contribution in [1.29, 1.82) is 0 Å². The Morgan fingerprint density at radius 2 is 2.29 bits per heavy atom. The van der Waals surface area contributed by atoms with Crippen molar-refractivity contribution in [1.82, 2.24) is 0 Å². The molecular weight excluding hydrogens is 182 g/mol. The average molecular weight is 193 g/mol. The molecule has 0 saturated carbocycles. The van der Waals surface area contributed by atoms with Gasteiger partial charge in [-0.15, -0.1) is 0 Å². The number of hydrogen-bond acceptors (Lipinski definition) is 2. The number of hydrogen-bond donors (Lipinski definition) is 3. The van der Waals surface area contributed by atoms with Gasteiger partial charge in [0.25, 0.3) is 0 Å². The summed E-state index contributed by atoms with van der Waals surface area (Å²) in [5.41, 5.74) is 6.23. The van der Waals surface area contributed by atoms with Crippen LogP contribution in [0.3, 0.4) is 0 Å². The van der Waals surface area contributed by atoms with Crippen LogP contribution in [0, 0.1) is 0 Å². The molecule has 5 nitrogen and oxygen atoms in total. The number of carboxylic acid groups (broad SMARTS) is 1. The van der Waals surface area contributed by atoms with Crippen molar-refractivity contribution in [3.63, 3.8) is 0 Å². The molecule has 0 aliphatic carbocycles. The van der Waals surface area contributed by atoms with Crippen LogP contribution in [0.4, 0.5) is 5.69 Å². The maximum absolute atomic E-state index is 10.6. The van der Waals surface area contributed by atoms with Crippen molar-refractivity contribution in [3.8, 4) is 0 Å². The van der Waals surface area contributed by atoms with Crippen LogP contribution in [-0.2, 0) is 0 Å². The smallest absolute Gasteiger partial charge is 0.335 e. The number of carbonyl (C=O) groups is 1. The number of aromatic carboxylic acids is 1. The summed E-state index contributed by atoms with van der Waals surface area (Å²) in [4.78, 5) is 14.3. The fourth-order valence-electron chi connectivity index (χ4n) is 0.934. The van der Waals surface area contributed by atoms with Gasteiger partial charge in [-0.3, -0.25) is 4.99 Å². The van der Waals surface area contributed by atoms with E-state index < -0.39 is 5.97 Å². The number of nitrogens with two attached hydrogens (primary N) is 1. The number of nitrogens with one attached hydrogen (secondary N) is 1. The van der Waals surface area contributed by atoms with Gasteiger partial charge in [-0.05, 0) is 18.2 Å². The lowest BCUT2D eigenvalue weighted by molar-refractivity contribution is 0.0697. The Hall–Kier alpha value is -2.04. The zero-order valence-electron chi connectivity index (χ0n) is 7.69. The van der Waals surface area contributed by atoms with Crippen molar-refractivity contribution in [3.05, 3.63) is 29.8 Å². The molecule has 0 aliphatic rings. The van der Waals surface area contributed by atoms with E-state index in [4.69, 9.17) is 10.8 Å². The lowest BCUT2D eigenvalue weighted by atomic mass is 10.2. The van der Waals surface area contributed by atoms with Crippen molar-refractivity contribution in [2.24, 2.45) is 10.7 Å². The van der Waals surface area contributed by atoms with E-state index in [1.54, 1.807) is 19.2 Å². The first kappa shape index (κ1) is 10.0. The monoisotopic (exact) mass is 193 g/mol. The third-order valence-electron chi connectivity index (χ3n) is 1.62. The Balaban J connectivity index is 2.89. The molecule has 5 heteroatoms. The zero-order valence-corrected chi connectivity index (χ0v) is 7.69. The van der Waals surface area contributed by atoms with Gasteiger partial charge in [0.2, 0.25) is 0 Å². The molecule has 4 N–H and O–H groups in total. The van der Waals surface area contributed by atoms with Crippen LogP contribution in [0.15, 0.2) is 29.3 Å². The Labute approximate surface area is 81.3 Å². The Morgan fingerprint density at radius 1 is 1.57 bits per heavy atom. The van der Waals surface area contributed by atoms with Gasteiger partial charge in [0.1, 0.15) is 0 Å². The molecule has 1 aromatic carbocycles. The van der Waals surface area contributed by atoms with E-state index in [-0.39, 0.29) is 11.5 Å². The highest BCUT2D eigenvalue weighted by atomic mass is 16.4. The second-order valence-electron chi connectivity index (χ2n) is 2.62. The molecular formula is C9H11N3O2. The highest BCUT2D eigenvalue weighted by molar-refractivity contribution is 5.94. The van der Waals surface area contributed by atoms with E-state index in [9.17, 15) is 4.79 Å². The van der Waals surface area contributed by atoms with Crippen LogP contribution in [0.25, 0.3) is 0 Å². The van der Waals surface area contributed by atoms with Gasteiger partial charge >= 0.3 is 5.97 Å².